The second-order valence-corrected chi connectivity index (χ2v) is 8.86. The molecule has 4 aromatic rings. The Morgan fingerprint density at radius 2 is 1.97 bits per heavy atom. The molecule has 1 aliphatic rings. The van der Waals surface area contributed by atoms with Crippen molar-refractivity contribution in [1.29, 1.82) is 0 Å². The van der Waals surface area contributed by atoms with Gasteiger partial charge < -0.3 is 20.2 Å². The number of aromatic nitrogens is 4. The van der Waals surface area contributed by atoms with Crippen molar-refractivity contribution in [2.24, 2.45) is 0 Å². The lowest BCUT2D eigenvalue weighted by Crippen LogP contribution is -2.17. The van der Waals surface area contributed by atoms with E-state index >= 15 is 0 Å². The zero-order valence-corrected chi connectivity index (χ0v) is 18.8. The van der Waals surface area contributed by atoms with Crippen molar-refractivity contribution in [2.75, 3.05) is 17.2 Å². The Balaban J connectivity index is 1.48. The summed E-state index contributed by atoms with van der Waals surface area (Å²) >= 11 is 0. The number of nitrogens with one attached hydrogen (secondary N) is 2. The van der Waals surface area contributed by atoms with E-state index in [2.05, 4.69) is 44.6 Å². The largest absolute Gasteiger partial charge is 0.423 e. The van der Waals surface area contributed by atoms with Gasteiger partial charge in [-0.2, -0.15) is 4.98 Å². The number of benzene rings is 2. The number of nitrogens with zero attached hydrogens (tertiary/aromatic N) is 4. The number of rotatable bonds is 7. The summed E-state index contributed by atoms with van der Waals surface area (Å²) in [7, 11) is 0. The second kappa shape index (κ2) is 8.68. The molecular formula is C25H24N6O3. The molecule has 2 heterocycles. The Hall–Kier alpha value is -4.11. The van der Waals surface area contributed by atoms with Gasteiger partial charge in [0.1, 0.15) is 5.82 Å². The SMILES string of the molecule is CC1(C)CC(=O)c2ccc(Nc3ncc(-c4nnco4)c(N[C@H](CO)c4ccccc4)n3)cc21. The molecule has 2 aromatic heterocycles. The number of aliphatic hydroxyl groups excluding tert-OH is 1. The van der Waals surface area contributed by atoms with E-state index in [1.807, 2.05) is 48.5 Å². The lowest BCUT2D eigenvalue weighted by molar-refractivity contribution is 0.0979. The van der Waals surface area contributed by atoms with E-state index < -0.39 is 6.04 Å². The molecule has 34 heavy (non-hydrogen) atoms. The van der Waals surface area contributed by atoms with Gasteiger partial charge in [-0.25, -0.2) is 4.98 Å². The number of hydrogen-bond acceptors (Lipinski definition) is 9. The first-order chi connectivity index (χ1) is 16.4. The Morgan fingerprint density at radius 3 is 2.71 bits per heavy atom. The summed E-state index contributed by atoms with van der Waals surface area (Å²) in [5.41, 5.74) is 3.74. The van der Waals surface area contributed by atoms with Gasteiger partial charge in [0, 0.05) is 23.9 Å². The van der Waals surface area contributed by atoms with E-state index in [4.69, 9.17) is 4.42 Å². The molecule has 0 saturated heterocycles. The minimum absolute atomic E-state index is 0.145. The van der Waals surface area contributed by atoms with Crippen molar-refractivity contribution in [3.05, 3.63) is 77.8 Å². The van der Waals surface area contributed by atoms with Crippen LogP contribution in [0.4, 0.5) is 17.5 Å². The topological polar surface area (TPSA) is 126 Å². The van der Waals surface area contributed by atoms with Crippen LogP contribution in [0, 0.1) is 0 Å². The quantitative estimate of drug-likeness (QED) is 0.373. The van der Waals surface area contributed by atoms with Crippen LogP contribution in [0.5, 0.6) is 0 Å². The molecule has 0 amide bonds. The molecule has 5 rings (SSSR count). The number of carbonyl (C=O) groups excluding carboxylic acids is 1. The average Bonchev–Trinajstić information content (AvgIpc) is 3.44. The molecule has 0 aliphatic heterocycles. The van der Waals surface area contributed by atoms with Gasteiger partial charge in [0.25, 0.3) is 5.89 Å². The molecule has 1 atom stereocenters. The van der Waals surface area contributed by atoms with Gasteiger partial charge in [-0.3, -0.25) is 4.79 Å². The third kappa shape index (κ3) is 4.13. The van der Waals surface area contributed by atoms with Crippen LogP contribution in [0.1, 0.15) is 47.8 Å². The molecule has 0 fully saturated rings. The molecule has 9 heteroatoms. The van der Waals surface area contributed by atoms with Crippen molar-refractivity contribution < 1.29 is 14.3 Å². The highest BCUT2D eigenvalue weighted by Gasteiger charge is 2.35. The first-order valence-corrected chi connectivity index (χ1v) is 11.0. The van der Waals surface area contributed by atoms with Crippen LogP contribution in [-0.2, 0) is 5.41 Å². The molecule has 3 N–H and O–H groups in total. The molecule has 0 spiro atoms. The van der Waals surface area contributed by atoms with Gasteiger partial charge in [0.15, 0.2) is 5.78 Å². The first kappa shape index (κ1) is 21.7. The van der Waals surface area contributed by atoms with Gasteiger partial charge in [-0.05, 0) is 34.7 Å². The molecule has 1 aliphatic carbocycles. The summed E-state index contributed by atoms with van der Waals surface area (Å²) in [5, 5.41) is 24.3. The van der Waals surface area contributed by atoms with Crippen molar-refractivity contribution in [1.82, 2.24) is 20.2 Å². The molecule has 9 nitrogen and oxygen atoms in total. The smallest absolute Gasteiger partial charge is 0.252 e. The van der Waals surface area contributed by atoms with Gasteiger partial charge >= 0.3 is 0 Å². The Kier molecular flexibility index (Phi) is 5.54. The van der Waals surface area contributed by atoms with Crippen molar-refractivity contribution in [3.8, 4) is 11.5 Å². The minimum atomic E-state index is -0.405. The summed E-state index contributed by atoms with van der Waals surface area (Å²) in [6.45, 7) is 3.99. The zero-order valence-electron chi connectivity index (χ0n) is 18.8. The van der Waals surface area contributed by atoms with E-state index in [1.165, 1.54) is 6.39 Å². The lowest BCUT2D eigenvalue weighted by atomic mass is 9.86. The zero-order chi connectivity index (χ0) is 23.7. The van der Waals surface area contributed by atoms with Gasteiger partial charge in [0.2, 0.25) is 12.3 Å². The standard InChI is InChI=1S/C25H24N6O3/c1-25(2)11-21(33)17-9-8-16(10-19(17)25)28-24-26-12-18(23-31-27-14-34-23)22(30-24)29-20(13-32)15-6-4-3-5-7-15/h3-10,12,14,20,32H,11,13H2,1-2H3,(H2,26,28,29,30)/t20-/m1/s1. The third-order valence-corrected chi connectivity index (χ3v) is 5.98. The fourth-order valence-corrected chi connectivity index (χ4v) is 4.23. The first-order valence-electron chi connectivity index (χ1n) is 11.0. The molecule has 2 aromatic carbocycles. The fourth-order valence-electron chi connectivity index (χ4n) is 4.23. The maximum Gasteiger partial charge on any atom is 0.252 e. The van der Waals surface area contributed by atoms with E-state index in [9.17, 15) is 9.90 Å². The maximum absolute atomic E-state index is 12.3. The highest BCUT2D eigenvalue weighted by Crippen LogP contribution is 2.40. The molecular weight excluding hydrogens is 432 g/mol. The van der Waals surface area contributed by atoms with Crippen molar-refractivity contribution in [2.45, 2.75) is 31.7 Å². The third-order valence-electron chi connectivity index (χ3n) is 5.98. The maximum atomic E-state index is 12.3. The predicted octanol–water partition coefficient (Wildman–Crippen LogP) is 4.28. The van der Waals surface area contributed by atoms with Crippen LogP contribution in [0.25, 0.3) is 11.5 Å². The van der Waals surface area contributed by atoms with Crippen LogP contribution in [-0.4, -0.2) is 37.7 Å². The Bertz CT molecular complexity index is 1320. The number of aliphatic hydroxyl groups is 1. The average molecular weight is 457 g/mol. The van der Waals surface area contributed by atoms with Gasteiger partial charge in [-0.1, -0.05) is 44.2 Å². The minimum Gasteiger partial charge on any atom is -0.423 e. The summed E-state index contributed by atoms with van der Waals surface area (Å²) in [4.78, 5) is 21.4. The van der Waals surface area contributed by atoms with Gasteiger partial charge in [0.05, 0.1) is 18.2 Å². The molecule has 0 saturated carbocycles. The van der Waals surface area contributed by atoms with E-state index in [0.717, 1.165) is 22.4 Å². The van der Waals surface area contributed by atoms with Crippen LogP contribution < -0.4 is 10.6 Å². The number of fused-ring (bicyclic) bond motifs is 1. The van der Waals surface area contributed by atoms with Gasteiger partial charge in [-0.15, -0.1) is 10.2 Å². The Morgan fingerprint density at radius 1 is 1.15 bits per heavy atom. The molecule has 0 unspecified atom stereocenters. The Labute approximate surface area is 196 Å². The predicted molar refractivity (Wildman–Crippen MR) is 127 cm³/mol. The highest BCUT2D eigenvalue weighted by molar-refractivity contribution is 6.02. The summed E-state index contributed by atoms with van der Waals surface area (Å²) < 4.78 is 5.37. The number of anilines is 3. The number of Topliss-reactive ketones (excluding diaryl/α,β-unsaturated/α-hetero) is 1. The molecule has 0 radical (unpaired) electrons. The fraction of sp³-hybridized carbons (Fsp3) is 0.240. The molecule has 172 valence electrons. The van der Waals surface area contributed by atoms with E-state index in [0.29, 0.717) is 23.8 Å². The highest BCUT2D eigenvalue weighted by atomic mass is 16.4. The normalized spacial score (nSPS) is 15.1. The van der Waals surface area contributed by atoms with Crippen molar-refractivity contribution in [3.63, 3.8) is 0 Å². The summed E-state index contributed by atoms with van der Waals surface area (Å²) in [6, 6.07) is 14.8. The van der Waals surface area contributed by atoms with Crippen LogP contribution in [0.3, 0.4) is 0 Å². The van der Waals surface area contributed by atoms with Crippen molar-refractivity contribution >= 4 is 23.2 Å². The number of carbonyl (C=O) groups is 1. The second-order valence-electron chi connectivity index (χ2n) is 8.86. The summed E-state index contributed by atoms with van der Waals surface area (Å²) in [5.74, 6) is 1.20. The number of ketones is 1. The van der Waals surface area contributed by atoms with Crippen LogP contribution in [0.15, 0.2) is 65.5 Å². The van der Waals surface area contributed by atoms with E-state index in [1.54, 1.807) is 6.20 Å². The van der Waals surface area contributed by atoms with Crippen LogP contribution >= 0.6 is 0 Å². The van der Waals surface area contributed by atoms with E-state index in [-0.39, 0.29) is 23.7 Å². The number of hydrogen-bond donors (Lipinski definition) is 3. The molecule has 0 bridgehead atoms. The summed E-state index contributed by atoms with van der Waals surface area (Å²) in [6.07, 6.45) is 3.32. The monoisotopic (exact) mass is 456 g/mol. The van der Waals surface area contributed by atoms with Crippen LogP contribution in [0.2, 0.25) is 0 Å². The lowest BCUT2D eigenvalue weighted by Gasteiger charge is -2.20.